The highest BCUT2D eigenvalue weighted by atomic mass is 15.3. The average molecular weight is 295 g/mol. The first-order valence-corrected chi connectivity index (χ1v) is 7.39. The van der Waals surface area contributed by atoms with Gasteiger partial charge in [0.05, 0.1) is 5.69 Å². The summed E-state index contributed by atoms with van der Waals surface area (Å²) in [6.07, 6.45) is 6.11. The van der Waals surface area contributed by atoms with E-state index >= 15 is 0 Å². The van der Waals surface area contributed by atoms with Crippen molar-refractivity contribution in [2.75, 3.05) is 18.0 Å². The van der Waals surface area contributed by atoms with E-state index in [9.17, 15) is 0 Å². The van der Waals surface area contributed by atoms with Crippen LogP contribution in [0, 0.1) is 6.92 Å². The van der Waals surface area contributed by atoms with E-state index in [1.165, 1.54) is 0 Å². The summed E-state index contributed by atoms with van der Waals surface area (Å²) < 4.78 is 1.81. The second kappa shape index (κ2) is 5.01. The first kappa shape index (κ1) is 13.1. The highest BCUT2D eigenvalue weighted by Gasteiger charge is 2.29. The second-order valence-electron chi connectivity index (χ2n) is 5.69. The van der Waals surface area contributed by atoms with Crippen LogP contribution >= 0.6 is 0 Å². The van der Waals surface area contributed by atoms with Crippen molar-refractivity contribution >= 4 is 17.0 Å². The minimum absolute atomic E-state index is 0.357. The number of rotatable bonds is 2. The molecule has 1 fully saturated rings. The lowest BCUT2D eigenvalue weighted by molar-refractivity contribution is 0.692. The molecule has 7 heteroatoms. The van der Waals surface area contributed by atoms with E-state index in [0.29, 0.717) is 5.92 Å². The Labute approximate surface area is 128 Å². The zero-order chi connectivity index (χ0) is 15.1. The molecule has 4 heterocycles. The number of aryl methyl sites for hydroxylation is 2. The normalized spacial score (nSPS) is 18.3. The van der Waals surface area contributed by atoms with Gasteiger partial charge in [-0.2, -0.15) is 5.10 Å². The fourth-order valence-electron chi connectivity index (χ4n) is 3.08. The summed E-state index contributed by atoms with van der Waals surface area (Å²) in [7, 11) is 1.92. The zero-order valence-electron chi connectivity index (χ0n) is 12.6. The summed E-state index contributed by atoms with van der Waals surface area (Å²) in [6, 6.07) is 2.03. The van der Waals surface area contributed by atoms with Gasteiger partial charge in [0.1, 0.15) is 17.7 Å². The van der Waals surface area contributed by atoms with Crippen molar-refractivity contribution in [3.63, 3.8) is 0 Å². The van der Waals surface area contributed by atoms with Gasteiger partial charge in [-0.15, -0.1) is 0 Å². The lowest BCUT2D eigenvalue weighted by Crippen LogP contribution is -2.20. The van der Waals surface area contributed by atoms with Crippen LogP contribution < -0.4 is 4.90 Å². The number of aromatic nitrogens is 6. The zero-order valence-corrected chi connectivity index (χ0v) is 12.6. The highest BCUT2D eigenvalue weighted by molar-refractivity contribution is 5.74. The fraction of sp³-hybridized carbons (Fsp3) is 0.400. The van der Waals surface area contributed by atoms with Gasteiger partial charge in [-0.1, -0.05) is 0 Å². The molecule has 0 bridgehead atoms. The molecule has 1 aliphatic rings. The lowest BCUT2D eigenvalue weighted by atomic mass is 10.0. The van der Waals surface area contributed by atoms with Crippen molar-refractivity contribution in [3.05, 3.63) is 36.2 Å². The minimum Gasteiger partial charge on any atom is -0.356 e. The molecule has 0 unspecified atom stereocenters. The topological polar surface area (TPSA) is 72.6 Å². The first-order valence-electron chi connectivity index (χ1n) is 7.39. The predicted octanol–water partition coefficient (Wildman–Crippen LogP) is 1.46. The van der Waals surface area contributed by atoms with Crippen molar-refractivity contribution in [2.45, 2.75) is 19.3 Å². The van der Waals surface area contributed by atoms with Crippen molar-refractivity contribution in [3.8, 4) is 0 Å². The Bertz CT molecular complexity index is 826. The summed E-state index contributed by atoms with van der Waals surface area (Å²) in [5, 5.41) is 4.65. The molecule has 0 amide bonds. The predicted molar refractivity (Wildman–Crippen MR) is 82.6 cm³/mol. The van der Waals surface area contributed by atoms with Crippen LogP contribution in [0.4, 0.5) is 5.82 Å². The van der Waals surface area contributed by atoms with Gasteiger partial charge in [-0.05, 0) is 13.3 Å². The van der Waals surface area contributed by atoms with Crippen LogP contribution in [-0.2, 0) is 7.05 Å². The molecule has 1 aliphatic heterocycles. The number of nitrogens with zero attached hydrogens (tertiary/aromatic N) is 7. The van der Waals surface area contributed by atoms with E-state index < -0.39 is 0 Å². The van der Waals surface area contributed by atoms with Crippen LogP contribution in [0.1, 0.15) is 23.7 Å². The molecule has 1 saturated heterocycles. The van der Waals surface area contributed by atoms with E-state index in [2.05, 4.69) is 29.9 Å². The van der Waals surface area contributed by atoms with Crippen molar-refractivity contribution in [2.24, 2.45) is 7.05 Å². The Hall–Kier alpha value is -2.57. The smallest absolute Gasteiger partial charge is 0.176 e. The molecule has 7 nitrogen and oxygen atoms in total. The summed E-state index contributed by atoms with van der Waals surface area (Å²) >= 11 is 0. The molecule has 3 aromatic rings. The third-order valence-corrected chi connectivity index (χ3v) is 4.17. The first-order chi connectivity index (χ1) is 10.7. The van der Waals surface area contributed by atoms with Gasteiger partial charge >= 0.3 is 0 Å². The van der Waals surface area contributed by atoms with Gasteiger partial charge in [0.15, 0.2) is 5.65 Å². The summed E-state index contributed by atoms with van der Waals surface area (Å²) in [5.74, 6) is 1.34. The molecule has 1 atom stereocenters. The summed E-state index contributed by atoms with van der Waals surface area (Å²) in [4.78, 5) is 19.7. The van der Waals surface area contributed by atoms with Crippen LogP contribution in [0.15, 0.2) is 24.8 Å². The third-order valence-electron chi connectivity index (χ3n) is 4.17. The Kier molecular flexibility index (Phi) is 2.99. The van der Waals surface area contributed by atoms with E-state index in [0.717, 1.165) is 47.9 Å². The molecular weight excluding hydrogens is 278 g/mol. The summed E-state index contributed by atoms with van der Waals surface area (Å²) in [5.41, 5.74) is 3.78. The Morgan fingerprint density at radius 3 is 2.86 bits per heavy atom. The molecular formula is C15H17N7. The Morgan fingerprint density at radius 2 is 2.00 bits per heavy atom. The van der Waals surface area contributed by atoms with Gasteiger partial charge in [0.25, 0.3) is 0 Å². The standard InChI is InChI=1S/C15H17N7/c1-10-7-12(19-9-18-10)22-6-3-11(8-22)13-14-15(21(2)20-13)17-5-4-16-14/h4-5,7,9,11H,3,6,8H2,1-2H3/t11-/m0/s1. The van der Waals surface area contributed by atoms with E-state index in [4.69, 9.17) is 0 Å². The molecule has 112 valence electrons. The number of hydrogen-bond acceptors (Lipinski definition) is 6. The van der Waals surface area contributed by atoms with Crippen LogP contribution in [-0.4, -0.2) is 42.8 Å². The third kappa shape index (κ3) is 2.09. The number of anilines is 1. The maximum absolute atomic E-state index is 4.65. The second-order valence-corrected chi connectivity index (χ2v) is 5.69. The Morgan fingerprint density at radius 1 is 1.14 bits per heavy atom. The van der Waals surface area contributed by atoms with Gasteiger partial charge < -0.3 is 4.90 Å². The molecule has 0 aliphatic carbocycles. The summed E-state index contributed by atoms with van der Waals surface area (Å²) in [6.45, 7) is 3.86. The van der Waals surface area contributed by atoms with Gasteiger partial charge in [-0.3, -0.25) is 0 Å². The molecule has 22 heavy (non-hydrogen) atoms. The van der Waals surface area contributed by atoms with Crippen LogP contribution in [0.25, 0.3) is 11.2 Å². The van der Waals surface area contributed by atoms with E-state index in [-0.39, 0.29) is 0 Å². The molecule has 0 spiro atoms. The van der Waals surface area contributed by atoms with E-state index in [1.54, 1.807) is 18.7 Å². The molecule has 0 aromatic carbocycles. The fourth-order valence-corrected chi connectivity index (χ4v) is 3.08. The molecule has 0 saturated carbocycles. The highest BCUT2D eigenvalue weighted by Crippen LogP contribution is 2.31. The largest absolute Gasteiger partial charge is 0.356 e. The molecule has 3 aromatic heterocycles. The molecule has 4 rings (SSSR count). The van der Waals surface area contributed by atoms with Gasteiger partial charge in [0.2, 0.25) is 0 Å². The monoisotopic (exact) mass is 295 g/mol. The quantitative estimate of drug-likeness (QED) is 0.712. The lowest BCUT2D eigenvalue weighted by Gasteiger charge is -2.17. The molecule has 0 N–H and O–H groups in total. The minimum atomic E-state index is 0.357. The maximum Gasteiger partial charge on any atom is 0.176 e. The van der Waals surface area contributed by atoms with E-state index in [1.807, 2.05) is 24.7 Å². The van der Waals surface area contributed by atoms with Crippen LogP contribution in [0.3, 0.4) is 0 Å². The van der Waals surface area contributed by atoms with Gasteiger partial charge in [0, 0.05) is 50.2 Å². The maximum atomic E-state index is 4.65. The van der Waals surface area contributed by atoms with Crippen molar-refractivity contribution in [1.29, 1.82) is 0 Å². The molecule has 0 radical (unpaired) electrons. The van der Waals surface area contributed by atoms with Crippen molar-refractivity contribution < 1.29 is 0 Å². The SMILES string of the molecule is Cc1cc(N2CC[C@H](c3nn(C)c4nccnc34)C2)ncn1. The van der Waals surface area contributed by atoms with Crippen LogP contribution in [0.2, 0.25) is 0 Å². The van der Waals surface area contributed by atoms with Gasteiger partial charge in [-0.25, -0.2) is 24.6 Å². The Balaban J connectivity index is 1.65. The van der Waals surface area contributed by atoms with Crippen LogP contribution in [0.5, 0.6) is 0 Å². The van der Waals surface area contributed by atoms with Crippen molar-refractivity contribution in [1.82, 2.24) is 29.7 Å². The number of hydrogen-bond donors (Lipinski definition) is 0. The average Bonchev–Trinajstić information content (AvgIpc) is 3.13. The number of fused-ring (bicyclic) bond motifs is 1.